The zero-order valence-corrected chi connectivity index (χ0v) is 12.1. The second-order valence-electron chi connectivity index (χ2n) is 4.22. The molecule has 0 atom stereocenters. The van der Waals surface area contributed by atoms with Crippen molar-refractivity contribution in [1.82, 2.24) is 9.78 Å². The third-order valence-corrected chi connectivity index (χ3v) is 3.55. The summed E-state index contributed by atoms with van der Waals surface area (Å²) in [6.07, 6.45) is 2.48. The molecule has 0 aliphatic carbocycles. The van der Waals surface area contributed by atoms with Crippen molar-refractivity contribution in [2.24, 2.45) is 7.05 Å². The number of nitrogens with one attached hydrogen (secondary N) is 1. The lowest BCUT2D eigenvalue weighted by Crippen LogP contribution is -2.21. The maximum absolute atomic E-state index is 11.7. The smallest absolute Gasteiger partial charge is 0.282 e. The second kappa shape index (κ2) is 5.88. The van der Waals surface area contributed by atoms with Crippen LogP contribution in [0.25, 0.3) is 0 Å². The molecule has 0 aliphatic heterocycles. The summed E-state index contributed by atoms with van der Waals surface area (Å²) in [5, 5.41) is 7.16. The summed E-state index contributed by atoms with van der Waals surface area (Å²) in [6, 6.07) is 7.75. The number of nitrogens with zero attached hydrogens (tertiary/aromatic N) is 2. The topological polar surface area (TPSA) is 72.9 Å². The fourth-order valence-electron chi connectivity index (χ4n) is 1.66. The number of nitrogens with two attached hydrogens (primary N) is 1. The number of nitrogen functional groups attached to an aromatic ring is 1. The van der Waals surface area contributed by atoms with Crippen LogP contribution in [0.4, 0.5) is 11.4 Å². The molecule has 100 valence electrons. The fourth-order valence-corrected chi connectivity index (χ4v) is 2.16. The van der Waals surface area contributed by atoms with Crippen LogP contribution in [0.15, 0.2) is 39.7 Å². The van der Waals surface area contributed by atoms with Crippen molar-refractivity contribution >= 4 is 27.3 Å². The monoisotopic (exact) mass is 322 g/mol. The van der Waals surface area contributed by atoms with Gasteiger partial charge in [0.2, 0.25) is 0 Å². The fraction of sp³-hybridized carbons (Fsp3) is 0.231. The Morgan fingerprint density at radius 1 is 1.37 bits per heavy atom. The number of aromatic nitrogens is 2. The molecule has 1 heterocycles. The minimum Gasteiger partial charge on any atom is -0.399 e. The number of benzene rings is 1. The van der Waals surface area contributed by atoms with Gasteiger partial charge in [0, 0.05) is 19.3 Å². The zero-order chi connectivity index (χ0) is 13.8. The molecule has 6 heteroatoms. The molecule has 0 saturated carbocycles. The summed E-state index contributed by atoms with van der Waals surface area (Å²) in [5.74, 6) is 0. The molecule has 0 unspecified atom stereocenters. The van der Waals surface area contributed by atoms with Crippen LogP contribution < -0.4 is 16.6 Å². The highest BCUT2D eigenvalue weighted by atomic mass is 79.9. The average molecular weight is 323 g/mol. The van der Waals surface area contributed by atoms with E-state index in [2.05, 4.69) is 26.3 Å². The summed E-state index contributed by atoms with van der Waals surface area (Å²) in [6.45, 7) is 0.720. The summed E-state index contributed by atoms with van der Waals surface area (Å²) >= 11 is 3.27. The van der Waals surface area contributed by atoms with Crippen LogP contribution in [0.1, 0.15) is 5.56 Å². The molecule has 0 amide bonds. The first kappa shape index (κ1) is 13.6. The molecule has 1 aromatic carbocycles. The lowest BCUT2D eigenvalue weighted by molar-refractivity contribution is 0.703. The highest BCUT2D eigenvalue weighted by molar-refractivity contribution is 9.10. The molecule has 2 rings (SSSR count). The number of anilines is 2. The zero-order valence-electron chi connectivity index (χ0n) is 10.6. The predicted octanol–water partition coefficient (Wildman–Crippen LogP) is 1.78. The van der Waals surface area contributed by atoms with Gasteiger partial charge in [-0.05, 0) is 40.0 Å². The minimum absolute atomic E-state index is 0.155. The first-order valence-corrected chi connectivity index (χ1v) is 6.67. The van der Waals surface area contributed by atoms with E-state index in [1.54, 1.807) is 13.2 Å². The minimum atomic E-state index is -0.155. The van der Waals surface area contributed by atoms with Gasteiger partial charge in [0.25, 0.3) is 5.56 Å². The molecule has 19 heavy (non-hydrogen) atoms. The molecule has 0 radical (unpaired) electrons. The van der Waals surface area contributed by atoms with Crippen LogP contribution in [0.5, 0.6) is 0 Å². The Bertz CT molecular complexity index is 622. The molecule has 2 aromatic rings. The molecule has 0 spiro atoms. The van der Waals surface area contributed by atoms with Crippen LogP contribution in [-0.2, 0) is 13.5 Å². The van der Waals surface area contributed by atoms with Crippen LogP contribution in [0.3, 0.4) is 0 Å². The first-order valence-electron chi connectivity index (χ1n) is 5.88. The van der Waals surface area contributed by atoms with E-state index in [0.29, 0.717) is 10.2 Å². The maximum atomic E-state index is 11.7. The van der Waals surface area contributed by atoms with Crippen LogP contribution in [-0.4, -0.2) is 16.3 Å². The van der Waals surface area contributed by atoms with Crippen LogP contribution in [0, 0.1) is 0 Å². The molecule has 1 aromatic heterocycles. The molecule has 0 saturated heterocycles. The van der Waals surface area contributed by atoms with Crippen molar-refractivity contribution in [3.63, 3.8) is 0 Å². The van der Waals surface area contributed by atoms with Crippen molar-refractivity contribution in [2.45, 2.75) is 6.42 Å². The standard InChI is InChI=1S/C13H15BrN4O/c1-18-13(19)12(14)11(8-17-18)16-7-6-9-2-4-10(15)5-3-9/h2-5,8,16H,6-7,15H2,1H3. The van der Waals surface area contributed by atoms with Crippen molar-refractivity contribution in [3.8, 4) is 0 Å². The quantitative estimate of drug-likeness (QED) is 0.841. The van der Waals surface area contributed by atoms with E-state index < -0.39 is 0 Å². The Kier molecular flexibility index (Phi) is 4.21. The highest BCUT2D eigenvalue weighted by Gasteiger charge is 2.05. The van der Waals surface area contributed by atoms with Gasteiger partial charge in [0.1, 0.15) is 4.47 Å². The molecule has 0 bridgehead atoms. The number of halogens is 1. The molecule has 0 fully saturated rings. The van der Waals surface area contributed by atoms with Gasteiger partial charge in [-0.25, -0.2) is 4.68 Å². The van der Waals surface area contributed by atoms with E-state index >= 15 is 0 Å². The Morgan fingerprint density at radius 2 is 2.05 bits per heavy atom. The van der Waals surface area contributed by atoms with Crippen molar-refractivity contribution in [2.75, 3.05) is 17.6 Å². The van der Waals surface area contributed by atoms with Gasteiger partial charge in [-0.15, -0.1) is 0 Å². The highest BCUT2D eigenvalue weighted by Crippen LogP contribution is 2.15. The van der Waals surface area contributed by atoms with E-state index in [-0.39, 0.29) is 5.56 Å². The summed E-state index contributed by atoms with van der Waals surface area (Å²) < 4.78 is 1.79. The van der Waals surface area contributed by atoms with Crippen LogP contribution >= 0.6 is 15.9 Å². The molecular weight excluding hydrogens is 308 g/mol. The van der Waals surface area contributed by atoms with E-state index in [4.69, 9.17) is 5.73 Å². The Labute approximate surface area is 119 Å². The van der Waals surface area contributed by atoms with Gasteiger partial charge >= 0.3 is 0 Å². The second-order valence-corrected chi connectivity index (χ2v) is 5.01. The van der Waals surface area contributed by atoms with Gasteiger partial charge < -0.3 is 11.1 Å². The molecule has 5 nitrogen and oxygen atoms in total. The van der Waals surface area contributed by atoms with E-state index in [9.17, 15) is 4.79 Å². The number of rotatable bonds is 4. The van der Waals surface area contributed by atoms with Crippen LogP contribution in [0.2, 0.25) is 0 Å². The molecule has 0 aliphatic rings. The van der Waals surface area contributed by atoms with E-state index in [1.165, 1.54) is 10.2 Å². The number of aryl methyl sites for hydroxylation is 1. The first-order chi connectivity index (χ1) is 9.08. The maximum Gasteiger partial charge on any atom is 0.282 e. The Balaban J connectivity index is 1.98. The van der Waals surface area contributed by atoms with Gasteiger partial charge in [0.15, 0.2) is 0 Å². The third kappa shape index (κ3) is 3.35. The summed E-state index contributed by atoms with van der Waals surface area (Å²) in [7, 11) is 1.62. The van der Waals surface area contributed by atoms with Gasteiger partial charge in [-0.3, -0.25) is 4.79 Å². The SMILES string of the molecule is Cn1ncc(NCCc2ccc(N)cc2)c(Br)c1=O. The Hall–Kier alpha value is -1.82. The lowest BCUT2D eigenvalue weighted by atomic mass is 10.1. The average Bonchev–Trinajstić information content (AvgIpc) is 2.41. The van der Waals surface area contributed by atoms with Gasteiger partial charge in [0.05, 0.1) is 11.9 Å². The van der Waals surface area contributed by atoms with Gasteiger partial charge in [-0.1, -0.05) is 12.1 Å². The van der Waals surface area contributed by atoms with E-state index in [0.717, 1.165) is 18.7 Å². The van der Waals surface area contributed by atoms with E-state index in [1.807, 2.05) is 24.3 Å². The predicted molar refractivity (Wildman–Crippen MR) is 80.2 cm³/mol. The lowest BCUT2D eigenvalue weighted by Gasteiger charge is -2.08. The van der Waals surface area contributed by atoms with Gasteiger partial charge in [-0.2, -0.15) is 5.10 Å². The Morgan fingerprint density at radius 3 is 2.74 bits per heavy atom. The van der Waals surface area contributed by atoms with Crippen molar-refractivity contribution in [3.05, 3.63) is 50.9 Å². The molecular formula is C13H15BrN4O. The largest absolute Gasteiger partial charge is 0.399 e. The van der Waals surface area contributed by atoms with Crippen molar-refractivity contribution < 1.29 is 0 Å². The number of hydrogen-bond acceptors (Lipinski definition) is 4. The normalized spacial score (nSPS) is 10.4. The van der Waals surface area contributed by atoms with Crippen molar-refractivity contribution in [1.29, 1.82) is 0 Å². The third-order valence-electron chi connectivity index (χ3n) is 2.79. The summed E-state index contributed by atoms with van der Waals surface area (Å²) in [5.41, 5.74) is 8.13. The summed E-state index contributed by atoms with van der Waals surface area (Å²) in [4.78, 5) is 11.7. The number of hydrogen-bond donors (Lipinski definition) is 2. The molecule has 3 N–H and O–H groups in total.